The number of aliphatic hydroxyl groups excluding tert-OH is 1. The summed E-state index contributed by atoms with van der Waals surface area (Å²) < 4.78 is 0. The molecule has 3 nitrogen and oxygen atoms in total. The lowest BCUT2D eigenvalue weighted by molar-refractivity contribution is -0.150. The molecule has 0 amide bonds. The molecule has 3 heteroatoms. The lowest BCUT2D eigenvalue weighted by atomic mass is 9.44. The molecule has 4 fully saturated rings. The Morgan fingerprint density at radius 1 is 0.920 bits per heavy atom. The maximum atomic E-state index is 11.5. The second-order valence-electron chi connectivity index (χ2n) is 10.3. The molecule has 0 bridgehead atoms. The van der Waals surface area contributed by atoms with Gasteiger partial charge in [-0.05, 0) is 80.5 Å². The van der Waals surface area contributed by atoms with Gasteiger partial charge in [0.1, 0.15) is 0 Å². The van der Waals surface area contributed by atoms with Crippen LogP contribution in [0.2, 0.25) is 0 Å². The monoisotopic (exact) mass is 349 g/mol. The number of hydrogen-bond donors (Lipinski definition) is 3. The number of aliphatic hydroxyl groups is 2. The molecule has 0 radical (unpaired) electrons. The van der Waals surface area contributed by atoms with Crippen molar-refractivity contribution >= 4 is 0 Å². The molecular weight excluding hydrogens is 310 g/mol. The molecule has 7 atom stereocenters. The van der Waals surface area contributed by atoms with Gasteiger partial charge in [-0.3, -0.25) is 0 Å². The minimum Gasteiger partial charge on any atom is -0.395 e. The smallest absolute Gasteiger partial charge is 0.0827 e. The molecule has 144 valence electrons. The zero-order valence-corrected chi connectivity index (χ0v) is 16.4. The normalized spacial score (nSPS) is 52.3. The zero-order chi connectivity index (χ0) is 17.7. The van der Waals surface area contributed by atoms with Crippen molar-refractivity contribution in [1.82, 2.24) is 5.32 Å². The Kier molecular flexibility index (Phi) is 4.74. The van der Waals surface area contributed by atoms with Gasteiger partial charge in [0.15, 0.2) is 0 Å². The van der Waals surface area contributed by atoms with E-state index in [1.165, 1.54) is 57.8 Å². The first-order valence-corrected chi connectivity index (χ1v) is 11.0. The number of rotatable bonds is 4. The van der Waals surface area contributed by atoms with Crippen LogP contribution in [-0.4, -0.2) is 35.5 Å². The van der Waals surface area contributed by atoms with Crippen molar-refractivity contribution in [3.8, 4) is 0 Å². The summed E-state index contributed by atoms with van der Waals surface area (Å²) in [5, 5.41) is 23.9. The zero-order valence-electron chi connectivity index (χ0n) is 16.4. The molecule has 4 aliphatic carbocycles. The minimum absolute atomic E-state index is 0.0640. The lowest BCUT2D eigenvalue weighted by Gasteiger charge is -2.61. The fourth-order valence-electron chi connectivity index (χ4n) is 8.07. The van der Waals surface area contributed by atoms with Gasteiger partial charge in [0.2, 0.25) is 0 Å². The van der Waals surface area contributed by atoms with E-state index in [9.17, 15) is 5.11 Å². The highest BCUT2D eigenvalue weighted by Gasteiger charge is 2.64. The molecule has 4 rings (SSSR count). The van der Waals surface area contributed by atoms with Gasteiger partial charge < -0.3 is 15.5 Å². The highest BCUT2D eigenvalue weighted by molar-refractivity contribution is 5.14. The van der Waals surface area contributed by atoms with Crippen LogP contribution < -0.4 is 5.32 Å². The summed E-state index contributed by atoms with van der Waals surface area (Å²) in [5.41, 5.74) is 0.0644. The maximum absolute atomic E-state index is 11.5. The Labute approximate surface area is 154 Å². The van der Waals surface area contributed by atoms with E-state index in [4.69, 9.17) is 5.11 Å². The molecular formula is C22H39NO2. The van der Waals surface area contributed by atoms with E-state index in [0.717, 1.165) is 24.2 Å². The van der Waals surface area contributed by atoms with Crippen molar-refractivity contribution in [2.45, 2.75) is 83.7 Å². The van der Waals surface area contributed by atoms with E-state index in [1.54, 1.807) is 0 Å². The van der Waals surface area contributed by atoms with E-state index >= 15 is 0 Å². The molecule has 3 N–H and O–H groups in total. The molecule has 4 aliphatic rings. The Hall–Kier alpha value is -0.120. The van der Waals surface area contributed by atoms with Crippen molar-refractivity contribution < 1.29 is 10.2 Å². The summed E-state index contributed by atoms with van der Waals surface area (Å²) in [5.74, 6) is 3.41. The van der Waals surface area contributed by atoms with Crippen molar-refractivity contribution in [2.24, 2.45) is 34.5 Å². The van der Waals surface area contributed by atoms with E-state index < -0.39 is 5.60 Å². The molecule has 0 unspecified atom stereocenters. The van der Waals surface area contributed by atoms with Gasteiger partial charge in [-0.25, -0.2) is 0 Å². The van der Waals surface area contributed by atoms with E-state index in [1.807, 2.05) is 0 Å². The summed E-state index contributed by atoms with van der Waals surface area (Å²) in [7, 11) is 0. The van der Waals surface area contributed by atoms with Crippen LogP contribution in [-0.2, 0) is 0 Å². The quantitative estimate of drug-likeness (QED) is 0.678. The molecule has 0 aliphatic heterocycles. The third kappa shape index (κ3) is 2.63. The molecule has 25 heavy (non-hydrogen) atoms. The molecule has 0 spiro atoms. The largest absolute Gasteiger partial charge is 0.395 e. The van der Waals surface area contributed by atoms with Gasteiger partial charge in [0.05, 0.1) is 12.2 Å². The van der Waals surface area contributed by atoms with Crippen molar-refractivity contribution in [3.63, 3.8) is 0 Å². The van der Waals surface area contributed by atoms with Crippen LogP contribution in [0, 0.1) is 34.5 Å². The Bertz CT molecular complexity index is 496. The van der Waals surface area contributed by atoms with Crippen LogP contribution in [0.5, 0.6) is 0 Å². The highest BCUT2D eigenvalue weighted by atomic mass is 16.3. The van der Waals surface area contributed by atoms with Gasteiger partial charge in [-0.1, -0.05) is 26.7 Å². The van der Waals surface area contributed by atoms with Crippen LogP contribution >= 0.6 is 0 Å². The summed E-state index contributed by atoms with van der Waals surface area (Å²) in [6.45, 7) is 6.41. The third-order valence-electron chi connectivity index (χ3n) is 9.61. The van der Waals surface area contributed by atoms with Gasteiger partial charge >= 0.3 is 0 Å². The van der Waals surface area contributed by atoms with Gasteiger partial charge in [0.25, 0.3) is 0 Å². The molecule has 4 saturated carbocycles. The fourth-order valence-corrected chi connectivity index (χ4v) is 8.07. The first-order valence-electron chi connectivity index (χ1n) is 11.0. The number of nitrogens with one attached hydrogen (secondary N) is 1. The minimum atomic E-state index is -0.581. The molecule has 0 aromatic heterocycles. The second-order valence-corrected chi connectivity index (χ2v) is 10.3. The second kappa shape index (κ2) is 6.49. The van der Waals surface area contributed by atoms with Crippen molar-refractivity contribution in [3.05, 3.63) is 0 Å². The molecule has 0 saturated heterocycles. The number of hydrogen-bond acceptors (Lipinski definition) is 3. The van der Waals surface area contributed by atoms with E-state index in [0.29, 0.717) is 24.4 Å². The topological polar surface area (TPSA) is 52.5 Å². The fraction of sp³-hybridized carbons (Fsp3) is 1.00. The van der Waals surface area contributed by atoms with Crippen LogP contribution in [0.1, 0.15) is 78.1 Å². The average Bonchev–Trinajstić information content (AvgIpc) is 2.86. The Morgan fingerprint density at radius 2 is 1.72 bits per heavy atom. The van der Waals surface area contributed by atoms with Crippen molar-refractivity contribution in [1.29, 1.82) is 0 Å². The Balaban J connectivity index is 1.55. The number of fused-ring (bicyclic) bond motifs is 5. The van der Waals surface area contributed by atoms with Crippen LogP contribution in [0.3, 0.4) is 0 Å². The maximum Gasteiger partial charge on any atom is 0.0827 e. The summed E-state index contributed by atoms with van der Waals surface area (Å²) in [4.78, 5) is 0. The summed E-state index contributed by atoms with van der Waals surface area (Å²) in [6, 6.07) is 0. The standard InChI is InChI=1S/C22H39NO2/c1-20-10-4-3-5-16(20)6-7-17-18(20)8-11-21(2)19(17)9-12-22(21,25)15-23-13-14-24/h16-19,23-25H,3-15H2,1-2H3/t16-,17-,18+,19-,20-,21-,22+/m1/s1. The van der Waals surface area contributed by atoms with Crippen LogP contribution in [0.15, 0.2) is 0 Å². The summed E-state index contributed by atoms with van der Waals surface area (Å²) in [6.07, 6.45) is 13.3. The SMILES string of the molecule is C[C@@]12CCCC[C@@H]1CC[C@H]1[C@H]3CC[C@](O)(CNCCO)[C@]3(C)CC[C@@H]12. The first-order chi connectivity index (χ1) is 11.9. The molecule has 0 heterocycles. The highest BCUT2D eigenvalue weighted by Crippen LogP contribution is 2.68. The third-order valence-corrected chi connectivity index (χ3v) is 9.61. The van der Waals surface area contributed by atoms with E-state index in [2.05, 4.69) is 19.2 Å². The van der Waals surface area contributed by atoms with Gasteiger partial charge in [-0.15, -0.1) is 0 Å². The average molecular weight is 350 g/mol. The predicted octanol–water partition coefficient (Wildman–Crippen LogP) is 3.73. The van der Waals surface area contributed by atoms with Crippen molar-refractivity contribution in [2.75, 3.05) is 19.7 Å². The predicted molar refractivity (Wildman–Crippen MR) is 101 cm³/mol. The van der Waals surface area contributed by atoms with Gasteiger partial charge in [0, 0.05) is 18.5 Å². The molecule has 0 aromatic carbocycles. The molecule has 0 aromatic rings. The summed E-state index contributed by atoms with van der Waals surface area (Å²) >= 11 is 0. The Morgan fingerprint density at radius 3 is 2.52 bits per heavy atom. The van der Waals surface area contributed by atoms with Crippen LogP contribution in [0.25, 0.3) is 0 Å². The van der Waals surface area contributed by atoms with Gasteiger partial charge in [-0.2, -0.15) is 0 Å². The van der Waals surface area contributed by atoms with Crippen LogP contribution in [0.4, 0.5) is 0 Å². The first kappa shape index (κ1) is 18.3. The van der Waals surface area contributed by atoms with E-state index in [-0.39, 0.29) is 12.0 Å². The lowest BCUT2D eigenvalue weighted by Crippen LogP contribution is -2.58.